The minimum absolute atomic E-state index is 0.107. The number of rotatable bonds is 5. The van der Waals surface area contributed by atoms with Crippen molar-refractivity contribution >= 4 is 33.6 Å². The zero-order valence-corrected chi connectivity index (χ0v) is 15.8. The van der Waals surface area contributed by atoms with Crippen LogP contribution in [0.25, 0.3) is 5.69 Å². The van der Waals surface area contributed by atoms with E-state index in [1.54, 1.807) is 6.21 Å². The van der Waals surface area contributed by atoms with E-state index < -0.39 is 4.92 Å². The highest BCUT2D eigenvalue weighted by Crippen LogP contribution is 2.22. The van der Waals surface area contributed by atoms with Crippen LogP contribution >= 0.6 is 15.9 Å². The molecule has 0 aliphatic rings. The molecule has 7 nitrogen and oxygen atoms in total. The highest BCUT2D eigenvalue weighted by atomic mass is 79.9. The largest absolute Gasteiger partial charge is 0.318 e. The van der Waals surface area contributed by atoms with E-state index in [1.165, 1.54) is 18.3 Å². The van der Waals surface area contributed by atoms with Gasteiger partial charge in [0, 0.05) is 39.4 Å². The lowest BCUT2D eigenvalue weighted by molar-refractivity contribution is -0.384. The van der Waals surface area contributed by atoms with E-state index in [0.717, 1.165) is 27.1 Å². The molecule has 0 unspecified atom stereocenters. The molecule has 1 N–H and O–H groups in total. The summed E-state index contributed by atoms with van der Waals surface area (Å²) < 4.78 is 3.14. The van der Waals surface area contributed by atoms with E-state index in [0.29, 0.717) is 0 Å². The van der Waals surface area contributed by atoms with Gasteiger partial charge >= 0.3 is 5.69 Å². The highest BCUT2D eigenvalue weighted by Gasteiger charge is 2.13. The molecule has 0 spiro atoms. The molecule has 2 aromatic heterocycles. The first kappa shape index (κ1) is 17.8. The molecule has 0 aliphatic heterocycles. The fourth-order valence-corrected chi connectivity index (χ4v) is 2.96. The summed E-state index contributed by atoms with van der Waals surface area (Å²) >= 11 is 3.44. The van der Waals surface area contributed by atoms with Gasteiger partial charge in [0.1, 0.15) is 0 Å². The summed E-state index contributed by atoms with van der Waals surface area (Å²) in [6, 6.07) is 12.9. The Morgan fingerprint density at radius 3 is 2.69 bits per heavy atom. The lowest BCUT2D eigenvalue weighted by atomic mass is 10.2. The molecule has 0 fully saturated rings. The molecule has 0 saturated carbocycles. The van der Waals surface area contributed by atoms with Crippen LogP contribution in [0.4, 0.5) is 11.5 Å². The third-order valence-corrected chi connectivity index (χ3v) is 4.44. The third kappa shape index (κ3) is 3.65. The van der Waals surface area contributed by atoms with Gasteiger partial charge in [-0.3, -0.25) is 15.5 Å². The van der Waals surface area contributed by atoms with Crippen molar-refractivity contribution in [1.29, 1.82) is 0 Å². The summed E-state index contributed by atoms with van der Waals surface area (Å²) in [6.07, 6.45) is 3.11. The fourth-order valence-electron chi connectivity index (χ4n) is 2.70. The van der Waals surface area contributed by atoms with Crippen LogP contribution in [0.5, 0.6) is 0 Å². The van der Waals surface area contributed by atoms with Crippen molar-refractivity contribution in [3.63, 3.8) is 0 Å². The number of nitrogens with one attached hydrogen (secondary N) is 1. The minimum atomic E-state index is -0.496. The van der Waals surface area contributed by atoms with Crippen molar-refractivity contribution in [2.24, 2.45) is 5.10 Å². The maximum Gasteiger partial charge on any atom is 0.313 e. The average molecular weight is 414 g/mol. The van der Waals surface area contributed by atoms with E-state index in [4.69, 9.17) is 0 Å². The Bertz CT molecular complexity index is 980. The second-order valence-corrected chi connectivity index (χ2v) is 6.55. The Labute approximate surface area is 158 Å². The normalized spacial score (nSPS) is 11.0. The molecule has 0 amide bonds. The quantitative estimate of drug-likeness (QED) is 0.376. The van der Waals surface area contributed by atoms with Crippen LogP contribution in [0.15, 0.2) is 58.2 Å². The van der Waals surface area contributed by atoms with Gasteiger partial charge in [-0.05, 0) is 50.2 Å². The van der Waals surface area contributed by atoms with Gasteiger partial charge in [0.15, 0.2) is 0 Å². The summed E-state index contributed by atoms with van der Waals surface area (Å²) in [7, 11) is 0. The van der Waals surface area contributed by atoms with Crippen molar-refractivity contribution in [3.8, 4) is 5.69 Å². The number of halogens is 1. The van der Waals surface area contributed by atoms with Crippen molar-refractivity contribution in [2.75, 3.05) is 5.43 Å². The lowest BCUT2D eigenvalue weighted by Crippen LogP contribution is -2.00. The first-order valence-corrected chi connectivity index (χ1v) is 8.60. The van der Waals surface area contributed by atoms with Crippen molar-refractivity contribution < 1.29 is 4.92 Å². The zero-order valence-electron chi connectivity index (χ0n) is 14.2. The molecule has 0 atom stereocenters. The predicted octanol–water partition coefficient (Wildman–Crippen LogP) is 4.61. The van der Waals surface area contributed by atoms with Crippen LogP contribution in [0.3, 0.4) is 0 Å². The Morgan fingerprint density at radius 1 is 1.27 bits per heavy atom. The number of aromatic nitrogens is 2. The highest BCUT2D eigenvalue weighted by molar-refractivity contribution is 9.10. The molecule has 0 aliphatic carbocycles. The number of hydrazone groups is 1. The van der Waals surface area contributed by atoms with Gasteiger partial charge in [0.2, 0.25) is 5.82 Å². The SMILES string of the molecule is Cc1cc(/C=N/Nc2ncccc2[N+](=O)[O-])c(C)n1-c1ccc(Br)cc1. The lowest BCUT2D eigenvalue weighted by Gasteiger charge is -2.09. The van der Waals surface area contributed by atoms with E-state index in [9.17, 15) is 10.1 Å². The number of nitro groups is 1. The molecule has 8 heteroatoms. The van der Waals surface area contributed by atoms with E-state index in [1.807, 2.05) is 44.2 Å². The van der Waals surface area contributed by atoms with Crippen molar-refractivity contribution in [2.45, 2.75) is 13.8 Å². The minimum Gasteiger partial charge on any atom is -0.318 e. The van der Waals surface area contributed by atoms with Gasteiger partial charge in [-0.2, -0.15) is 5.10 Å². The van der Waals surface area contributed by atoms with Gasteiger partial charge < -0.3 is 4.57 Å². The summed E-state index contributed by atoms with van der Waals surface area (Å²) in [5, 5.41) is 15.1. The maximum absolute atomic E-state index is 11.0. The summed E-state index contributed by atoms with van der Waals surface area (Å²) in [5.74, 6) is 0.107. The van der Waals surface area contributed by atoms with Crippen LogP contribution < -0.4 is 5.43 Å². The Kier molecular flexibility index (Phi) is 5.13. The number of benzene rings is 1. The van der Waals surface area contributed by atoms with Crippen LogP contribution in [-0.2, 0) is 0 Å². The first-order valence-electron chi connectivity index (χ1n) is 7.80. The Balaban J connectivity index is 1.85. The monoisotopic (exact) mass is 413 g/mol. The molecule has 3 rings (SSSR count). The molecule has 3 aromatic rings. The van der Waals surface area contributed by atoms with Gasteiger partial charge in [0.05, 0.1) is 11.1 Å². The second-order valence-electron chi connectivity index (χ2n) is 5.64. The van der Waals surface area contributed by atoms with Crippen LogP contribution in [-0.4, -0.2) is 20.7 Å². The molecule has 2 heterocycles. The molecule has 0 radical (unpaired) electrons. The van der Waals surface area contributed by atoms with Gasteiger partial charge in [-0.15, -0.1) is 0 Å². The fraction of sp³-hybridized carbons (Fsp3) is 0.111. The van der Waals surface area contributed by atoms with Crippen LogP contribution in [0, 0.1) is 24.0 Å². The number of pyridine rings is 1. The van der Waals surface area contributed by atoms with Gasteiger partial charge in [-0.25, -0.2) is 4.98 Å². The molecule has 132 valence electrons. The number of anilines is 1. The van der Waals surface area contributed by atoms with Gasteiger partial charge in [-0.1, -0.05) is 15.9 Å². The molecule has 1 aromatic carbocycles. The number of nitrogens with zero attached hydrogens (tertiary/aromatic N) is 4. The smallest absolute Gasteiger partial charge is 0.313 e. The Hall–Kier alpha value is -3.00. The average Bonchev–Trinajstić information content (AvgIpc) is 2.90. The van der Waals surface area contributed by atoms with Crippen LogP contribution in [0.2, 0.25) is 0 Å². The first-order chi connectivity index (χ1) is 12.5. The molecular formula is C18H16BrN5O2. The molecule has 0 bridgehead atoms. The summed E-state index contributed by atoms with van der Waals surface area (Å²) in [4.78, 5) is 14.5. The van der Waals surface area contributed by atoms with Crippen molar-refractivity contribution in [3.05, 3.63) is 80.2 Å². The zero-order chi connectivity index (χ0) is 18.7. The number of aryl methyl sites for hydroxylation is 1. The van der Waals surface area contributed by atoms with Crippen molar-refractivity contribution in [1.82, 2.24) is 9.55 Å². The molecular weight excluding hydrogens is 398 g/mol. The maximum atomic E-state index is 11.0. The second kappa shape index (κ2) is 7.49. The molecule has 26 heavy (non-hydrogen) atoms. The van der Waals surface area contributed by atoms with E-state index in [-0.39, 0.29) is 11.5 Å². The summed E-state index contributed by atoms with van der Waals surface area (Å²) in [6.45, 7) is 4.02. The predicted molar refractivity (Wildman–Crippen MR) is 105 cm³/mol. The topological polar surface area (TPSA) is 85.3 Å². The van der Waals surface area contributed by atoms with E-state index in [2.05, 4.69) is 36.0 Å². The van der Waals surface area contributed by atoms with Crippen LogP contribution in [0.1, 0.15) is 17.0 Å². The number of hydrogen-bond donors (Lipinski definition) is 1. The van der Waals surface area contributed by atoms with Gasteiger partial charge in [0.25, 0.3) is 0 Å². The van der Waals surface area contributed by atoms with E-state index >= 15 is 0 Å². The molecule has 0 saturated heterocycles. The standard InChI is InChI=1S/C18H16BrN5O2/c1-12-10-14(13(2)23(12)16-7-5-15(19)6-8-16)11-21-22-18-17(24(25)26)4-3-9-20-18/h3-11H,1-2H3,(H,20,22)/b21-11+. The Morgan fingerprint density at radius 2 is 2.00 bits per heavy atom. The third-order valence-electron chi connectivity index (χ3n) is 3.91. The summed E-state index contributed by atoms with van der Waals surface area (Å²) in [5.41, 5.74) is 6.58. The number of hydrogen-bond acceptors (Lipinski definition) is 5.